The molecule has 0 aliphatic rings. The van der Waals surface area contributed by atoms with Crippen molar-refractivity contribution < 1.29 is 9.59 Å². The van der Waals surface area contributed by atoms with Crippen LogP contribution in [0.1, 0.15) is 29.8 Å². The molecule has 0 fully saturated rings. The second kappa shape index (κ2) is 6.40. The predicted octanol–water partition coefficient (Wildman–Crippen LogP) is 2.18. The second-order valence-electron chi connectivity index (χ2n) is 3.91. The first kappa shape index (κ1) is 13.7. The Balaban J connectivity index is 2.56. The lowest BCUT2D eigenvalue weighted by Gasteiger charge is -2.05. The molecule has 0 radical (unpaired) electrons. The summed E-state index contributed by atoms with van der Waals surface area (Å²) >= 11 is 5.72. The molecule has 1 amide bonds. The largest absolute Gasteiger partial charge is 0.356 e. The molecular formula is C13H16ClNO2. The minimum atomic E-state index is -0.500. The van der Waals surface area contributed by atoms with E-state index in [0.717, 1.165) is 12.0 Å². The van der Waals surface area contributed by atoms with Gasteiger partial charge >= 0.3 is 0 Å². The summed E-state index contributed by atoms with van der Waals surface area (Å²) in [6.07, 6.45) is 0.754. The number of hydrogen-bond donors (Lipinski definition) is 1. The molecule has 1 unspecified atom stereocenters. The number of rotatable bonds is 5. The van der Waals surface area contributed by atoms with Gasteiger partial charge in [0.05, 0.1) is 5.38 Å². The molecule has 92 valence electrons. The molecule has 0 heterocycles. The van der Waals surface area contributed by atoms with Crippen molar-refractivity contribution in [3.05, 3.63) is 35.4 Å². The van der Waals surface area contributed by atoms with Crippen LogP contribution in [0.3, 0.4) is 0 Å². The van der Waals surface area contributed by atoms with Gasteiger partial charge in [-0.15, -0.1) is 11.6 Å². The number of Topliss-reactive ketones (excluding diaryl/α,β-unsaturated/α-hetero) is 1. The molecule has 0 aromatic heterocycles. The maximum Gasteiger partial charge on any atom is 0.216 e. The van der Waals surface area contributed by atoms with Crippen LogP contribution in [-0.4, -0.2) is 23.6 Å². The van der Waals surface area contributed by atoms with Crippen molar-refractivity contribution in [1.29, 1.82) is 0 Å². The molecule has 1 aromatic rings. The van der Waals surface area contributed by atoms with Crippen LogP contribution in [0.15, 0.2) is 24.3 Å². The first-order valence-electron chi connectivity index (χ1n) is 5.52. The van der Waals surface area contributed by atoms with Gasteiger partial charge in [0, 0.05) is 19.0 Å². The molecule has 17 heavy (non-hydrogen) atoms. The number of amides is 1. The average molecular weight is 254 g/mol. The molecule has 0 bridgehead atoms. The fraction of sp³-hybridized carbons (Fsp3) is 0.385. The molecule has 0 aliphatic heterocycles. The normalized spacial score (nSPS) is 11.9. The zero-order chi connectivity index (χ0) is 12.8. The Morgan fingerprint density at radius 3 is 2.35 bits per heavy atom. The topological polar surface area (TPSA) is 46.2 Å². The van der Waals surface area contributed by atoms with Crippen molar-refractivity contribution in [3.8, 4) is 0 Å². The van der Waals surface area contributed by atoms with E-state index in [2.05, 4.69) is 5.32 Å². The average Bonchev–Trinajstić information content (AvgIpc) is 2.28. The first-order chi connectivity index (χ1) is 8.00. The fourth-order valence-electron chi connectivity index (χ4n) is 1.45. The van der Waals surface area contributed by atoms with Gasteiger partial charge in [-0.2, -0.15) is 0 Å². The number of nitrogens with one attached hydrogen (secondary N) is 1. The van der Waals surface area contributed by atoms with E-state index in [4.69, 9.17) is 11.6 Å². The maximum atomic E-state index is 11.6. The summed E-state index contributed by atoms with van der Waals surface area (Å²) in [6, 6.07) is 7.30. The number of carbonyl (C=O) groups is 2. The molecule has 1 aromatic carbocycles. The molecule has 1 N–H and O–H groups in total. The van der Waals surface area contributed by atoms with Crippen LogP contribution in [0.5, 0.6) is 0 Å². The van der Waals surface area contributed by atoms with E-state index in [0.29, 0.717) is 12.1 Å². The first-order valence-corrected chi connectivity index (χ1v) is 5.96. The zero-order valence-electron chi connectivity index (χ0n) is 10.00. The smallest absolute Gasteiger partial charge is 0.216 e. The van der Waals surface area contributed by atoms with E-state index in [1.54, 1.807) is 19.1 Å². The highest BCUT2D eigenvalue weighted by Crippen LogP contribution is 2.10. The molecule has 3 nitrogen and oxygen atoms in total. The summed E-state index contributed by atoms with van der Waals surface area (Å²) in [5, 5.41) is 2.22. The van der Waals surface area contributed by atoms with E-state index in [9.17, 15) is 9.59 Å². The lowest BCUT2D eigenvalue weighted by atomic mass is 10.0. The predicted molar refractivity (Wildman–Crippen MR) is 68.5 cm³/mol. The molecule has 0 saturated heterocycles. The van der Waals surface area contributed by atoms with E-state index < -0.39 is 5.38 Å². The fourth-order valence-corrected chi connectivity index (χ4v) is 1.57. The van der Waals surface area contributed by atoms with Crippen molar-refractivity contribution in [3.63, 3.8) is 0 Å². The van der Waals surface area contributed by atoms with E-state index in [1.165, 1.54) is 6.92 Å². The quantitative estimate of drug-likeness (QED) is 0.646. The van der Waals surface area contributed by atoms with Crippen LogP contribution >= 0.6 is 11.6 Å². The van der Waals surface area contributed by atoms with E-state index in [-0.39, 0.29) is 11.7 Å². The summed E-state index contributed by atoms with van der Waals surface area (Å²) in [7, 11) is 0. The summed E-state index contributed by atoms with van der Waals surface area (Å²) < 4.78 is 0. The number of ketones is 1. The minimum absolute atomic E-state index is 0.0345. The summed E-state index contributed by atoms with van der Waals surface area (Å²) in [5.74, 6) is -0.104. The van der Waals surface area contributed by atoms with Crippen LogP contribution in [0.4, 0.5) is 0 Å². The third-order valence-corrected chi connectivity index (χ3v) is 2.59. The molecule has 1 rings (SSSR count). The van der Waals surface area contributed by atoms with Crippen molar-refractivity contribution in [2.45, 2.75) is 25.6 Å². The number of halogens is 1. The SMILES string of the molecule is CC(=O)NCCc1ccc(C(=O)C(C)Cl)cc1. The Morgan fingerprint density at radius 1 is 1.29 bits per heavy atom. The van der Waals surface area contributed by atoms with Crippen LogP contribution in [0.2, 0.25) is 0 Å². The highest BCUT2D eigenvalue weighted by atomic mass is 35.5. The summed E-state index contributed by atoms with van der Waals surface area (Å²) in [6.45, 7) is 3.76. The van der Waals surface area contributed by atoms with Crippen LogP contribution < -0.4 is 5.32 Å². The Morgan fingerprint density at radius 2 is 1.88 bits per heavy atom. The lowest BCUT2D eigenvalue weighted by molar-refractivity contribution is -0.118. The van der Waals surface area contributed by atoms with Crippen molar-refractivity contribution in [2.24, 2.45) is 0 Å². The molecule has 0 aliphatic carbocycles. The van der Waals surface area contributed by atoms with Crippen LogP contribution in [0, 0.1) is 0 Å². The second-order valence-corrected chi connectivity index (χ2v) is 4.56. The molecular weight excluding hydrogens is 238 g/mol. The Bertz CT molecular complexity index is 398. The van der Waals surface area contributed by atoms with E-state index >= 15 is 0 Å². The zero-order valence-corrected chi connectivity index (χ0v) is 10.8. The minimum Gasteiger partial charge on any atom is -0.356 e. The van der Waals surface area contributed by atoms with Crippen LogP contribution in [-0.2, 0) is 11.2 Å². The van der Waals surface area contributed by atoms with Crippen molar-refractivity contribution >= 4 is 23.3 Å². The monoisotopic (exact) mass is 253 g/mol. The van der Waals surface area contributed by atoms with E-state index in [1.807, 2.05) is 12.1 Å². The van der Waals surface area contributed by atoms with Gasteiger partial charge in [0.1, 0.15) is 0 Å². The van der Waals surface area contributed by atoms with Gasteiger partial charge < -0.3 is 5.32 Å². The molecule has 0 saturated carbocycles. The standard InChI is InChI=1S/C13H16ClNO2/c1-9(14)13(17)12-5-3-11(4-6-12)7-8-15-10(2)16/h3-6,9H,7-8H2,1-2H3,(H,15,16). The highest BCUT2D eigenvalue weighted by molar-refractivity contribution is 6.33. The van der Waals surface area contributed by atoms with Gasteiger partial charge in [0.15, 0.2) is 5.78 Å². The Kier molecular flexibility index (Phi) is 5.16. The molecule has 1 atom stereocenters. The maximum absolute atomic E-state index is 11.6. The third kappa shape index (κ3) is 4.57. The van der Waals surface area contributed by atoms with Gasteiger partial charge in [-0.3, -0.25) is 9.59 Å². The summed E-state index contributed by atoms with van der Waals surface area (Å²) in [4.78, 5) is 22.3. The number of carbonyl (C=O) groups excluding carboxylic acids is 2. The van der Waals surface area contributed by atoms with Gasteiger partial charge in [-0.25, -0.2) is 0 Å². The Labute approximate surface area is 106 Å². The summed E-state index contributed by atoms with van der Waals surface area (Å²) in [5.41, 5.74) is 1.70. The van der Waals surface area contributed by atoms with Gasteiger partial charge in [-0.05, 0) is 18.9 Å². The van der Waals surface area contributed by atoms with Crippen molar-refractivity contribution in [2.75, 3.05) is 6.54 Å². The van der Waals surface area contributed by atoms with Gasteiger partial charge in [0.2, 0.25) is 5.91 Å². The highest BCUT2D eigenvalue weighted by Gasteiger charge is 2.11. The number of hydrogen-bond acceptors (Lipinski definition) is 2. The van der Waals surface area contributed by atoms with Gasteiger partial charge in [0.25, 0.3) is 0 Å². The van der Waals surface area contributed by atoms with Gasteiger partial charge in [-0.1, -0.05) is 24.3 Å². The van der Waals surface area contributed by atoms with Crippen LogP contribution in [0.25, 0.3) is 0 Å². The molecule has 4 heteroatoms. The number of benzene rings is 1. The number of alkyl halides is 1. The molecule has 0 spiro atoms. The Hall–Kier alpha value is -1.35. The third-order valence-electron chi connectivity index (χ3n) is 2.39. The lowest BCUT2D eigenvalue weighted by Crippen LogP contribution is -2.22. The van der Waals surface area contributed by atoms with Crippen molar-refractivity contribution in [1.82, 2.24) is 5.32 Å².